The number of rotatable bonds is 10. The summed E-state index contributed by atoms with van der Waals surface area (Å²) in [5.74, 6) is 2.25. The Labute approximate surface area is 127 Å². The summed E-state index contributed by atoms with van der Waals surface area (Å²) in [6.07, 6.45) is 7.25. The average molecular weight is 297 g/mol. The Bertz CT molecular complexity index is 385. The van der Waals surface area contributed by atoms with Gasteiger partial charge in [-0.25, -0.2) is 0 Å². The van der Waals surface area contributed by atoms with Crippen LogP contribution in [-0.4, -0.2) is 30.8 Å². The molecule has 114 valence electrons. The lowest BCUT2D eigenvalue weighted by atomic mass is 10.1. The Balaban J connectivity index is 2.27. The van der Waals surface area contributed by atoms with Crippen LogP contribution in [0.3, 0.4) is 0 Å². The third kappa shape index (κ3) is 6.06. The Kier molecular flexibility index (Phi) is 8.54. The monoisotopic (exact) mass is 297 g/mol. The van der Waals surface area contributed by atoms with E-state index in [1.54, 1.807) is 13.2 Å². The van der Waals surface area contributed by atoms with Crippen LogP contribution in [0.1, 0.15) is 44.2 Å². The maximum atomic E-state index is 9.97. The molecule has 1 aromatic rings. The van der Waals surface area contributed by atoms with Crippen molar-refractivity contribution in [2.75, 3.05) is 25.7 Å². The lowest BCUT2D eigenvalue weighted by Crippen LogP contribution is -2.19. The van der Waals surface area contributed by atoms with Crippen LogP contribution in [-0.2, 0) is 0 Å². The molecule has 0 saturated carbocycles. The van der Waals surface area contributed by atoms with Crippen molar-refractivity contribution in [3.8, 4) is 11.5 Å². The molecule has 1 aromatic carbocycles. The van der Waals surface area contributed by atoms with Crippen molar-refractivity contribution < 1.29 is 9.84 Å². The Morgan fingerprint density at radius 1 is 1.25 bits per heavy atom. The van der Waals surface area contributed by atoms with Gasteiger partial charge in [0.1, 0.15) is 11.5 Å². The molecule has 0 aliphatic rings. The van der Waals surface area contributed by atoms with Crippen molar-refractivity contribution >= 4 is 11.8 Å². The van der Waals surface area contributed by atoms with Gasteiger partial charge in [-0.05, 0) is 44.4 Å². The highest BCUT2D eigenvalue weighted by Gasteiger charge is 2.10. The zero-order valence-corrected chi connectivity index (χ0v) is 13.6. The van der Waals surface area contributed by atoms with Crippen LogP contribution in [0.5, 0.6) is 11.5 Å². The molecule has 0 aliphatic heterocycles. The fourth-order valence-electron chi connectivity index (χ4n) is 2.17. The Morgan fingerprint density at radius 3 is 2.65 bits per heavy atom. The standard InChI is InChI=1S/C16H27NO2S/c1-13(17-10-6-4-5-7-11-20-3)15-9-8-14(19-2)12-16(15)18/h8-9,12-13,17-18H,4-7,10-11H2,1-3H3. The molecule has 3 nitrogen and oxygen atoms in total. The fourth-order valence-corrected chi connectivity index (χ4v) is 2.66. The molecule has 0 bridgehead atoms. The van der Waals surface area contributed by atoms with Crippen LogP contribution in [0, 0.1) is 0 Å². The number of unbranched alkanes of at least 4 members (excludes halogenated alkanes) is 3. The number of thioether (sulfide) groups is 1. The van der Waals surface area contributed by atoms with Gasteiger partial charge in [0.15, 0.2) is 0 Å². The van der Waals surface area contributed by atoms with Gasteiger partial charge < -0.3 is 15.2 Å². The molecular weight excluding hydrogens is 270 g/mol. The van der Waals surface area contributed by atoms with E-state index in [0.29, 0.717) is 11.5 Å². The topological polar surface area (TPSA) is 41.5 Å². The lowest BCUT2D eigenvalue weighted by molar-refractivity contribution is 0.403. The van der Waals surface area contributed by atoms with Gasteiger partial charge in [0.25, 0.3) is 0 Å². The highest BCUT2D eigenvalue weighted by Crippen LogP contribution is 2.28. The van der Waals surface area contributed by atoms with Gasteiger partial charge in [-0.3, -0.25) is 0 Å². The number of benzene rings is 1. The van der Waals surface area contributed by atoms with Crippen LogP contribution >= 0.6 is 11.8 Å². The van der Waals surface area contributed by atoms with E-state index in [-0.39, 0.29) is 6.04 Å². The van der Waals surface area contributed by atoms with Crippen LogP contribution in [0.15, 0.2) is 18.2 Å². The molecule has 20 heavy (non-hydrogen) atoms. The minimum absolute atomic E-state index is 0.159. The van der Waals surface area contributed by atoms with Crippen LogP contribution in [0.25, 0.3) is 0 Å². The van der Waals surface area contributed by atoms with Gasteiger partial charge in [0.05, 0.1) is 7.11 Å². The molecule has 0 aromatic heterocycles. The van der Waals surface area contributed by atoms with Gasteiger partial charge in [-0.2, -0.15) is 11.8 Å². The molecule has 0 amide bonds. The highest BCUT2D eigenvalue weighted by atomic mass is 32.2. The number of phenols is 1. The molecule has 1 rings (SSSR count). The first-order valence-electron chi connectivity index (χ1n) is 7.28. The summed E-state index contributed by atoms with van der Waals surface area (Å²) in [6, 6.07) is 5.63. The zero-order valence-electron chi connectivity index (χ0n) is 12.8. The van der Waals surface area contributed by atoms with Crippen molar-refractivity contribution in [1.29, 1.82) is 0 Å². The van der Waals surface area contributed by atoms with Gasteiger partial charge in [-0.15, -0.1) is 0 Å². The number of methoxy groups -OCH3 is 1. The molecule has 0 fully saturated rings. The van der Waals surface area contributed by atoms with E-state index in [2.05, 4.69) is 18.5 Å². The van der Waals surface area contributed by atoms with Crippen LogP contribution in [0.4, 0.5) is 0 Å². The predicted molar refractivity (Wildman–Crippen MR) is 87.9 cm³/mol. The molecule has 0 aliphatic carbocycles. The van der Waals surface area contributed by atoms with Crippen molar-refractivity contribution in [3.63, 3.8) is 0 Å². The van der Waals surface area contributed by atoms with E-state index in [0.717, 1.165) is 12.1 Å². The average Bonchev–Trinajstić information content (AvgIpc) is 2.45. The van der Waals surface area contributed by atoms with Gasteiger partial charge >= 0.3 is 0 Å². The second-order valence-corrected chi connectivity index (χ2v) is 5.99. The number of phenolic OH excluding ortho intramolecular Hbond substituents is 1. The summed E-state index contributed by atoms with van der Waals surface area (Å²) in [5.41, 5.74) is 0.924. The molecule has 0 saturated heterocycles. The molecule has 1 atom stereocenters. The van der Waals surface area contributed by atoms with Crippen molar-refractivity contribution in [2.45, 2.75) is 38.6 Å². The largest absolute Gasteiger partial charge is 0.507 e. The van der Waals surface area contributed by atoms with E-state index in [1.165, 1.54) is 31.4 Å². The third-order valence-electron chi connectivity index (χ3n) is 3.43. The molecule has 0 spiro atoms. The molecule has 0 radical (unpaired) electrons. The maximum absolute atomic E-state index is 9.97. The smallest absolute Gasteiger partial charge is 0.124 e. The first kappa shape index (κ1) is 17.2. The van der Waals surface area contributed by atoms with Crippen LogP contribution < -0.4 is 10.1 Å². The number of ether oxygens (including phenoxy) is 1. The summed E-state index contributed by atoms with van der Waals surface area (Å²) >= 11 is 1.92. The predicted octanol–water partition coefficient (Wildman–Crippen LogP) is 3.97. The lowest BCUT2D eigenvalue weighted by Gasteiger charge is -2.16. The normalized spacial score (nSPS) is 12.3. The Hall–Kier alpha value is -0.870. The molecule has 4 heteroatoms. The van der Waals surface area contributed by atoms with E-state index in [9.17, 15) is 5.11 Å². The number of nitrogens with one attached hydrogen (secondary N) is 1. The Morgan fingerprint density at radius 2 is 2.00 bits per heavy atom. The van der Waals surface area contributed by atoms with Crippen molar-refractivity contribution in [2.24, 2.45) is 0 Å². The van der Waals surface area contributed by atoms with E-state index in [1.807, 2.05) is 23.9 Å². The summed E-state index contributed by atoms with van der Waals surface area (Å²) < 4.78 is 5.09. The first-order valence-corrected chi connectivity index (χ1v) is 8.67. The summed E-state index contributed by atoms with van der Waals surface area (Å²) in [6.45, 7) is 3.07. The molecule has 2 N–H and O–H groups in total. The van der Waals surface area contributed by atoms with Gasteiger partial charge in [0.2, 0.25) is 0 Å². The van der Waals surface area contributed by atoms with E-state index >= 15 is 0 Å². The highest BCUT2D eigenvalue weighted by molar-refractivity contribution is 7.98. The van der Waals surface area contributed by atoms with Crippen molar-refractivity contribution in [3.05, 3.63) is 23.8 Å². The summed E-state index contributed by atoms with van der Waals surface area (Å²) in [5, 5.41) is 13.4. The van der Waals surface area contributed by atoms with Gasteiger partial charge in [0, 0.05) is 17.7 Å². The molecule has 0 heterocycles. The van der Waals surface area contributed by atoms with Crippen LogP contribution in [0.2, 0.25) is 0 Å². The molecular formula is C16H27NO2S. The number of hydrogen-bond acceptors (Lipinski definition) is 4. The summed E-state index contributed by atoms with van der Waals surface area (Å²) in [7, 11) is 1.60. The number of hydrogen-bond donors (Lipinski definition) is 2. The quantitative estimate of drug-likeness (QED) is 0.641. The van der Waals surface area contributed by atoms with E-state index < -0.39 is 0 Å². The number of aromatic hydroxyl groups is 1. The SMILES string of the molecule is COc1ccc(C(C)NCCCCCCSC)c(O)c1. The maximum Gasteiger partial charge on any atom is 0.124 e. The minimum atomic E-state index is 0.159. The van der Waals surface area contributed by atoms with E-state index in [4.69, 9.17) is 4.74 Å². The zero-order chi connectivity index (χ0) is 14.8. The van der Waals surface area contributed by atoms with Gasteiger partial charge in [-0.1, -0.05) is 18.9 Å². The molecule has 1 unspecified atom stereocenters. The second-order valence-electron chi connectivity index (χ2n) is 5.01. The fraction of sp³-hybridized carbons (Fsp3) is 0.625. The minimum Gasteiger partial charge on any atom is -0.507 e. The third-order valence-corrected chi connectivity index (χ3v) is 4.13. The second kappa shape index (κ2) is 9.94. The summed E-state index contributed by atoms with van der Waals surface area (Å²) in [4.78, 5) is 0. The van der Waals surface area contributed by atoms with Crippen molar-refractivity contribution in [1.82, 2.24) is 5.32 Å². The first-order chi connectivity index (χ1) is 9.69.